The summed E-state index contributed by atoms with van der Waals surface area (Å²) < 4.78 is 0. The van der Waals surface area contributed by atoms with Crippen molar-refractivity contribution in [3.63, 3.8) is 0 Å². The molecule has 1 heterocycles. The summed E-state index contributed by atoms with van der Waals surface area (Å²) in [4.78, 5) is 25.2. The van der Waals surface area contributed by atoms with Gasteiger partial charge in [-0.1, -0.05) is 13.0 Å². The first-order chi connectivity index (χ1) is 7.09. The number of rotatable bonds is 5. The lowest BCUT2D eigenvalue weighted by Gasteiger charge is -2.04. The van der Waals surface area contributed by atoms with Crippen molar-refractivity contribution in [3.05, 3.63) is 40.2 Å². The number of carbonyl (C=O) groups is 1. The highest BCUT2D eigenvalue weighted by atomic mass is 16.6. The van der Waals surface area contributed by atoms with Crippen molar-refractivity contribution in [3.8, 4) is 0 Å². The van der Waals surface area contributed by atoms with E-state index < -0.39 is 4.92 Å². The number of nitro groups is 1. The molecule has 0 spiro atoms. The second-order valence-electron chi connectivity index (χ2n) is 3.46. The lowest BCUT2D eigenvalue weighted by molar-refractivity contribution is -0.487. The maximum absolute atomic E-state index is 11.6. The number of pyridine rings is 1. The average Bonchev–Trinajstić information content (AvgIpc) is 2.17. The van der Waals surface area contributed by atoms with Gasteiger partial charge in [0.2, 0.25) is 6.54 Å². The predicted molar refractivity (Wildman–Crippen MR) is 54.2 cm³/mol. The maximum atomic E-state index is 11.6. The van der Waals surface area contributed by atoms with Gasteiger partial charge in [-0.15, -0.1) is 0 Å². The molecule has 0 aliphatic carbocycles. The standard InChI is InChI=1S/C10H12N2O3/c1-8(7-12(14)15)6-10(13)9-4-2-3-5-11-9/h2-5,8H,6-7H2,1H3/t8-/m1/s1. The number of aromatic nitrogens is 1. The molecule has 0 aliphatic rings. The van der Waals surface area contributed by atoms with Crippen LogP contribution in [0.2, 0.25) is 0 Å². The van der Waals surface area contributed by atoms with Crippen LogP contribution in [0.5, 0.6) is 0 Å². The van der Waals surface area contributed by atoms with Crippen LogP contribution in [0.3, 0.4) is 0 Å². The Morgan fingerprint density at radius 3 is 2.87 bits per heavy atom. The quantitative estimate of drug-likeness (QED) is 0.418. The summed E-state index contributed by atoms with van der Waals surface area (Å²) in [5.41, 5.74) is 0.368. The summed E-state index contributed by atoms with van der Waals surface area (Å²) in [6.07, 6.45) is 1.70. The molecule has 1 aromatic heterocycles. The van der Waals surface area contributed by atoms with Crippen molar-refractivity contribution in [2.45, 2.75) is 13.3 Å². The minimum Gasteiger partial charge on any atom is -0.292 e. The van der Waals surface area contributed by atoms with Crippen LogP contribution in [0.25, 0.3) is 0 Å². The third kappa shape index (κ3) is 3.84. The van der Waals surface area contributed by atoms with Crippen molar-refractivity contribution < 1.29 is 9.72 Å². The molecule has 1 rings (SSSR count). The van der Waals surface area contributed by atoms with E-state index in [1.54, 1.807) is 25.1 Å². The number of carbonyl (C=O) groups excluding carboxylic acids is 1. The van der Waals surface area contributed by atoms with Gasteiger partial charge in [0.15, 0.2) is 5.78 Å². The SMILES string of the molecule is C[C@H](CC(=O)c1ccccn1)C[N+](=O)[O-]. The molecule has 0 amide bonds. The van der Waals surface area contributed by atoms with Crippen LogP contribution in [-0.4, -0.2) is 22.2 Å². The Bertz CT molecular complexity index is 351. The lowest BCUT2D eigenvalue weighted by Crippen LogP contribution is -2.15. The van der Waals surface area contributed by atoms with Crippen molar-refractivity contribution in [2.75, 3.05) is 6.54 Å². The second kappa shape index (κ2) is 5.19. The van der Waals surface area contributed by atoms with Crippen molar-refractivity contribution in [1.82, 2.24) is 4.98 Å². The molecule has 5 nitrogen and oxygen atoms in total. The van der Waals surface area contributed by atoms with E-state index in [0.29, 0.717) is 5.69 Å². The lowest BCUT2D eigenvalue weighted by atomic mass is 10.0. The summed E-state index contributed by atoms with van der Waals surface area (Å²) >= 11 is 0. The van der Waals surface area contributed by atoms with Crippen LogP contribution >= 0.6 is 0 Å². The fourth-order valence-electron chi connectivity index (χ4n) is 1.27. The van der Waals surface area contributed by atoms with E-state index in [2.05, 4.69) is 4.98 Å². The summed E-state index contributed by atoms with van der Waals surface area (Å²) in [5.74, 6) is -0.403. The first-order valence-corrected chi connectivity index (χ1v) is 4.65. The van der Waals surface area contributed by atoms with E-state index in [4.69, 9.17) is 0 Å². The molecule has 0 N–H and O–H groups in total. The molecular weight excluding hydrogens is 196 g/mol. The van der Waals surface area contributed by atoms with Crippen LogP contribution in [0.4, 0.5) is 0 Å². The second-order valence-corrected chi connectivity index (χ2v) is 3.46. The molecule has 0 aromatic carbocycles. The van der Waals surface area contributed by atoms with Crippen molar-refractivity contribution in [2.24, 2.45) is 5.92 Å². The molecule has 80 valence electrons. The normalized spacial score (nSPS) is 12.1. The van der Waals surface area contributed by atoms with E-state index in [1.807, 2.05) is 0 Å². The average molecular weight is 208 g/mol. The van der Waals surface area contributed by atoms with Gasteiger partial charge >= 0.3 is 0 Å². The Balaban J connectivity index is 2.53. The van der Waals surface area contributed by atoms with E-state index in [-0.39, 0.29) is 24.7 Å². The summed E-state index contributed by atoms with van der Waals surface area (Å²) in [5, 5.41) is 10.2. The van der Waals surface area contributed by atoms with Crippen LogP contribution in [0.1, 0.15) is 23.8 Å². The summed E-state index contributed by atoms with van der Waals surface area (Å²) in [7, 11) is 0. The molecule has 0 bridgehead atoms. The molecule has 15 heavy (non-hydrogen) atoms. The zero-order valence-corrected chi connectivity index (χ0v) is 8.42. The van der Waals surface area contributed by atoms with Gasteiger partial charge < -0.3 is 0 Å². The first-order valence-electron chi connectivity index (χ1n) is 4.65. The number of hydrogen-bond acceptors (Lipinski definition) is 4. The van der Waals surface area contributed by atoms with Gasteiger partial charge in [0.1, 0.15) is 5.69 Å². The van der Waals surface area contributed by atoms with Gasteiger partial charge in [0.05, 0.1) is 0 Å². The van der Waals surface area contributed by atoms with Crippen LogP contribution < -0.4 is 0 Å². The summed E-state index contributed by atoms with van der Waals surface area (Å²) in [6.45, 7) is 1.50. The molecule has 1 atom stereocenters. The maximum Gasteiger partial charge on any atom is 0.206 e. The van der Waals surface area contributed by atoms with Crippen molar-refractivity contribution in [1.29, 1.82) is 0 Å². The molecule has 0 radical (unpaired) electrons. The third-order valence-electron chi connectivity index (χ3n) is 1.95. The number of nitrogens with zero attached hydrogens (tertiary/aromatic N) is 2. The minimum atomic E-state index is -0.406. The van der Waals surface area contributed by atoms with Crippen LogP contribution in [0.15, 0.2) is 24.4 Å². The highest BCUT2D eigenvalue weighted by molar-refractivity contribution is 5.94. The van der Waals surface area contributed by atoms with E-state index in [1.165, 1.54) is 6.20 Å². The van der Waals surface area contributed by atoms with Gasteiger partial charge in [-0.3, -0.25) is 19.9 Å². The number of ketones is 1. The number of hydrogen-bond donors (Lipinski definition) is 0. The van der Waals surface area contributed by atoms with Gasteiger partial charge in [-0.2, -0.15) is 0 Å². The molecule has 1 aromatic rings. The zero-order chi connectivity index (χ0) is 11.3. The van der Waals surface area contributed by atoms with E-state index >= 15 is 0 Å². The topological polar surface area (TPSA) is 73.1 Å². The fourth-order valence-corrected chi connectivity index (χ4v) is 1.27. The Kier molecular flexibility index (Phi) is 3.91. The van der Waals surface area contributed by atoms with Gasteiger partial charge in [0, 0.05) is 23.5 Å². The van der Waals surface area contributed by atoms with Crippen LogP contribution in [0, 0.1) is 16.0 Å². The molecule has 0 saturated heterocycles. The van der Waals surface area contributed by atoms with Gasteiger partial charge in [0.25, 0.3) is 0 Å². The number of Topliss-reactive ketones (excluding diaryl/α,β-unsaturated/α-hetero) is 1. The highest BCUT2D eigenvalue weighted by Gasteiger charge is 2.16. The molecule has 0 unspecified atom stereocenters. The van der Waals surface area contributed by atoms with Gasteiger partial charge in [-0.25, -0.2) is 0 Å². The monoisotopic (exact) mass is 208 g/mol. The molecule has 5 heteroatoms. The Morgan fingerprint density at radius 2 is 2.33 bits per heavy atom. The van der Waals surface area contributed by atoms with Crippen LogP contribution in [-0.2, 0) is 0 Å². The predicted octanol–water partition coefficient (Wildman–Crippen LogP) is 1.57. The largest absolute Gasteiger partial charge is 0.292 e. The highest BCUT2D eigenvalue weighted by Crippen LogP contribution is 2.07. The molecule has 0 aliphatic heterocycles. The third-order valence-corrected chi connectivity index (χ3v) is 1.95. The Labute approximate surface area is 87.3 Å². The zero-order valence-electron chi connectivity index (χ0n) is 8.42. The van der Waals surface area contributed by atoms with E-state index in [0.717, 1.165) is 0 Å². The van der Waals surface area contributed by atoms with Crippen molar-refractivity contribution >= 4 is 5.78 Å². The Morgan fingerprint density at radius 1 is 1.60 bits per heavy atom. The fraction of sp³-hybridized carbons (Fsp3) is 0.400. The smallest absolute Gasteiger partial charge is 0.206 e. The molecular formula is C10H12N2O3. The van der Waals surface area contributed by atoms with Gasteiger partial charge in [-0.05, 0) is 12.1 Å². The first kappa shape index (κ1) is 11.3. The minimum absolute atomic E-state index is 0.148. The Hall–Kier alpha value is -1.78. The molecule has 0 saturated carbocycles. The summed E-state index contributed by atoms with van der Waals surface area (Å²) in [6, 6.07) is 5.05. The van der Waals surface area contributed by atoms with E-state index in [9.17, 15) is 14.9 Å². The molecule has 0 fully saturated rings.